The zero-order valence-corrected chi connectivity index (χ0v) is 11.6. The van der Waals surface area contributed by atoms with E-state index in [9.17, 15) is 31.1 Å². The van der Waals surface area contributed by atoms with E-state index < -0.39 is 53.2 Å². The van der Waals surface area contributed by atoms with Crippen molar-refractivity contribution in [2.45, 2.75) is 48.2 Å². The van der Waals surface area contributed by atoms with Gasteiger partial charge in [-0.3, -0.25) is 4.79 Å². The van der Waals surface area contributed by atoms with Gasteiger partial charge in [-0.05, 0) is 0 Å². The molecule has 3 nitrogen and oxygen atoms in total. The van der Waals surface area contributed by atoms with Gasteiger partial charge in [-0.1, -0.05) is 15.9 Å². The van der Waals surface area contributed by atoms with Crippen LogP contribution in [0.2, 0.25) is 0 Å². The standard InChI is InChI=1S/C10H10BrF6NO2/c1-3(19)20-5-2-4-6(11)7(5)18-8(4,9(12,13)14)10(15,16)17/h4-7,18H,2H2,1H3/p+1/t4-,5-,6-,7+/m0/s1. The van der Waals surface area contributed by atoms with Crippen molar-refractivity contribution in [3.05, 3.63) is 0 Å². The summed E-state index contributed by atoms with van der Waals surface area (Å²) >= 11 is 2.90. The first-order chi connectivity index (χ1) is 8.92. The first-order valence-corrected chi connectivity index (χ1v) is 6.64. The van der Waals surface area contributed by atoms with Crippen LogP contribution in [0.4, 0.5) is 26.3 Å². The summed E-state index contributed by atoms with van der Waals surface area (Å²) < 4.78 is 83.1. The van der Waals surface area contributed by atoms with Crippen molar-refractivity contribution in [1.82, 2.24) is 0 Å². The van der Waals surface area contributed by atoms with Crippen molar-refractivity contribution in [2.24, 2.45) is 5.92 Å². The number of rotatable bonds is 1. The third-order valence-electron chi connectivity index (χ3n) is 3.96. The van der Waals surface area contributed by atoms with Crippen molar-refractivity contribution < 1.29 is 41.2 Å². The summed E-state index contributed by atoms with van der Waals surface area (Å²) in [5.41, 5.74) is -3.84. The zero-order chi connectivity index (χ0) is 15.5. The molecule has 2 fully saturated rings. The number of fused-ring (bicyclic) bond motifs is 2. The molecule has 0 unspecified atom stereocenters. The number of alkyl halides is 7. The van der Waals surface area contributed by atoms with Crippen LogP contribution in [0.25, 0.3) is 0 Å². The second-order valence-electron chi connectivity index (χ2n) is 5.04. The van der Waals surface area contributed by atoms with Crippen LogP contribution in [-0.2, 0) is 9.53 Å². The number of hydrogen-bond acceptors (Lipinski definition) is 2. The minimum Gasteiger partial charge on any atom is -0.456 e. The number of piperidine rings is 1. The number of quaternary nitrogens is 1. The normalized spacial score (nSPS) is 36.2. The van der Waals surface area contributed by atoms with Crippen LogP contribution in [0.5, 0.6) is 0 Å². The zero-order valence-electron chi connectivity index (χ0n) is 10.1. The SMILES string of the molecule is CC(=O)O[C@H]1C[C@H]2[C@H](Br)[C@@H]1[NH2+]C2(C(F)(F)F)C(F)(F)F. The topological polar surface area (TPSA) is 42.9 Å². The van der Waals surface area contributed by atoms with Crippen molar-refractivity contribution in [3.8, 4) is 0 Å². The minimum absolute atomic E-state index is 0.258. The van der Waals surface area contributed by atoms with Crippen LogP contribution < -0.4 is 5.32 Å². The van der Waals surface area contributed by atoms with Gasteiger partial charge in [-0.2, -0.15) is 26.3 Å². The highest BCUT2D eigenvalue weighted by Gasteiger charge is 2.85. The summed E-state index contributed by atoms with van der Waals surface area (Å²) in [5.74, 6) is -2.45. The number of esters is 1. The van der Waals surface area contributed by atoms with Gasteiger partial charge in [0.05, 0.1) is 10.7 Å². The second-order valence-corrected chi connectivity index (χ2v) is 6.10. The molecule has 1 heterocycles. The first kappa shape index (κ1) is 15.9. The smallest absolute Gasteiger partial charge is 0.454 e. The van der Waals surface area contributed by atoms with Crippen molar-refractivity contribution in [3.63, 3.8) is 0 Å². The fourth-order valence-corrected chi connectivity index (χ4v) is 4.31. The Hall–Kier alpha value is -0.510. The number of ether oxygens (including phenoxy) is 1. The van der Waals surface area contributed by atoms with Gasteiger partial charge in [-0.25, -0.2) is 0 Å². The molecule has 0 spiro atoms. The Morgan fingerprint density at radius 1 is 1.25 bits per heavy atom. The lowest BCUT2D eigenvalue weighted by molar-refractivity contribution is -0.799. The average Bonchev–Trinajstić information content (AvgIpc) is 2.66. The molecule has 0 radical (unpaired) electrons. The van der Waals surface area contributed by atoms with Crippen LogP contribution in [0.3, 0.4) is 0 Å². The molecule has 20 heavy (non-hydrogen) atoms. The maximum absolute atomic E-state index is 13.1. The third-order valence-corrected chi connectivity index (χ3v) is 5.21. The van der Waals surface area contributed by atoms with Crippen LogP contribution in [0.15, 0.2) is 0 Å². The Bertz CT molecular complexity index is 409. The van der Waals surface area contributed by atoms with E-state index >= 15 is 0 Å². The molecular formula is C10H11BrF6NO2+. The lowest BCUT2D eigenvalue weighted by atomic mass is 9.82. The molecule has 1 saturated heterocycles. The fourth-order valence-electron chi connectivity index (χ4n) is 3.18. The predicted octanol–water partition coefficient (Wildman–Crippen LogP) is 1.51. The van der Waals surface area contributed by atoms with E-state index in [-0.39, 0.29) is 5.32 Å². The summed E-state index contributed by atoms with van der Waals surface area (Å²) in [5, 5.41) is 0.258. The summed E-state index contributed by atoms with van der Waals surface area (Å²) in [7, 11) is 0. The molecule has 2 rings (SSSR count). The molecule has 0 aromatic rings. The predicted molar refractivity (Wildman–Crippen MR) is 56.9 cm³/mol. The molecule has 1 aliphatic carbocycles. The lowest BCUT2D eigenvalue weighted by Crippen LogP contribution is -3.07. The van der Waals surface area contributed by atoms with E-state index in [1.165, 1.54) is 0 Å². The molecule has 10 heteroatoms. The summed E-state index contributed by atoms with van der Waals surface area (Å²) in [4.78, 5) is 9.82. The van der Waals surface area contributed by atoms with Crippen LogP contribution >= 0.6 is 15.9 Å². The van der Waals surface area contributed by atoms with E-state index in [0.717, 1.165) is 6.92 Å². The number of halogens is 7. The van der Waals surface area contributed by atoms with Gasteiger partial charge in [0, 0.05) is 13.3 Å². The monoisotopic (exact) mass is 370 g/mol. The lowest BCUT2D eigenvalue weighted by Gasteiger charge is -2.38. The van der Waals surface area contributed by atoms with Crippen molar-refractivity contribution in [2.75, 3.05) is 0 Å². The van der Waals surface area contributed by atoms with Gasteiger partial charge < -0.3 is 10.1 Å². The van der Waals surface area contributed by atoms with Gasteiger partial charge in [-0.15, -0.1) is 0 Å². The molecule has 2 bridgehead atoms. The van der Waals surface area contributed by atoms with E-state index in [1.54, 1.807) is 0 Å². The van der Waals surface area contributed by atoms with Gasteiger partial charge in [0.15, 0.2) is 6.10 Å². The molecule has 0 amide bonds. The van der Waals surface area contributed by atoms with Crippen LogP contribution in [0.1, 0.15) is 13.3 Å². The van der Waals surface area contributed by atoms with E-state index in [1.807, 2.05) is 0 Å². The number of hydrogen-bond donors (Lipinski definition) is 1. The molecule has 4 atom stereocenters. The van der Waals surface area contributed by atoms with Crippen molar-refractivity contribution >= 4 is 21.9 Å². The van der Waals surface area contributed by atoms with Crippen molar-refractivity contribution in [1.29, 1.82) is 0 Å². The third kappa shape index (κ3) is 2.02. The summed E-state index contributed by atoms with van der Waals surface area (Å²) in [6.45, 7) is 1.07. The molecule has 1 aliphatic heterocycles. The largest absolute Gasteiger partial charge is 0.456 e. The molecular weight excluding hydrogens is 360 g/mol. The number of carbonyl (C=O) groups is 1. The minimum atomic E-state index is -5.43. The molecule has 1 saturated carbocycles. The van der Waals surface area contributed by atoms with E-state index in [4.69, 9.17) is 4.74 Å². The highest BCUT2D eigenvalue weighted by Crippen LogP contribution is 2.55. The van der Waals surface area contributed by atoms with Crippen LogP contribution in [0, 0.1) is 5.92 Å². The molecule has 116 valence electrons. The van der Waals surface area contributed by atoms with Gasteiger partial charge >= 0.3 is 18.3 Å². The van der Waals surface area contributed by atoms with E-state index in [0.29, 0.717) is 0 Å². The second kappa shape index (κ2) is 4.49. The molecule has 2 aliphatic rings. The maximum Gasteiger partial charge on any atom is 0.454 e. The fraction of sp³-hybridized carbons (Fsp3) is 0.900. The molecule has 2 N–H and O–H groups in total. The molecule has 0 aromatic carbocycles. The van der Waals surface area contributed by atoms with E-state index in [2.05, 4.69) is 15.9 Å². The Labute approximate surface area is 118 Å². The highest BCUT2D eigenvalue weighted by molar-refractivity contribution is 9.09. The van der Waals surface area contributed by atoms with Gasteiger partial charge in [0.1, 0.15) is 6.04 Å². The Morgan fingerprint density at radius 3 is 2.05 bits per heavy atom. The summed E-state index contributed by atoms with van der Waals surface area (Å²) in [6.07, 6.45) is -12.3. The first-order valence-electron chi connectivity index (χ1n) is 5.72. The average molecular weight is 371 g/mol. The Kier molecular flexibility index (Phi) is 3.56. The van der Waals surface area contributed by atoms with Gasteiger partial charge in [0.25, 0.3) is 5.54 Å². The Morgan fingerprint density at radius 2 is 1.75 bits per heavy atom. The number of nitrogens with two attached hydrogens (primary N) is 1. The highest BCUT2D eigenvalue weighted by atomic mass is 79.9. The number of carbonyl (C=O) groups excluding carboxylic acids is 1. The van der Waals surface area contributed by atoms with Gasteiger partial charge in [0.2, 0.25) is 0 Å². The molecule has 0 aromatic heterocycles. The summed E-state index contributed by atoms with van der Waals surface area (Å²) in [6, 6.07) is -1.10. The quantitative estimate of drug-likeness (QED) is 0.432. The maximum atomic E-state index is 13.1. The Balaban J connectivity index is 2.37. The van der Waals surface area contributed by atoms with Crippen LogP contribution in [-0.4, -0.2) is 40.8 Å².